The number of hydrogen-bond donors (Lipinski definition) is 0. The summed E-state index contributed by atoms with van der Waals surface area (Å²) in [5, 5.41) is 4.98. The second-order valence-electron chi connectivity index (χ2n) is 11.4. The number of para-hydroxylation sites is 1. The molecule has 0 bridgehead atoms. The van der Waals surface area contributed by atoms with Crippen molar-refractivity contribution < 1.29 is 4.74 Å². The van der Waals surface area contributed by atoms with Gasteiger partial charge in [0.1, 0.15) is 11.5 Å². The van der Waals surface area contributed by atoms with Crippen LogP contribution in [0.2, 0.25) is 0 Å². The molecule has 7 aromatic rings. The van der Waals surface area contributed by atoms with Crippen LogP contribution in [0.3, 0.4) is 0 Å². The quantitative estimate of drug-likeness (QED) is 0.219. The van der Waals surface area contributed by atoms with E-state index in [9.17, 15) is 0 Å². The summed E-state index contributed by atoms with van der Waals surface area (Å²) in [6.45, 7) is 2.40. The number of fused-ring (bicyclic) bond motifs is 7. The molecule has 9 rings (SSSR count). The Morgan fingerprint density at radius 3 is 2.15 bits per heavy atom. The average molecular weight is 523 g/mol. The van der Waals surface area contributed by atoms with E-state index in [2.05, 4.69) is 146 Å². The highest BCUT2D eigenvalue weighted by molar-refractivity contribution is 6.08. The Labute approximate surface area is 239 Å². The van der Waals surface area contributed by atoms with E-state index >= 15 is 0 Å². The summed E-state index contributed by atoms with van der Waals surface area (Å²) >= 11 is 0. The minimum Gasteiger partial charge on any atom is -0.455 e. The number of rotatable bonds is 2. The summed E-state index contributed by atoms with van der Waals surface area (Å²) in [7, 11) is 0. The average Bonchev–Trinajstić information content (AvgIpc) is 3.30. The molecule has 1 heterocycles. The van der Waals surface area contributed by atoms with E-state index in [0.717, 1.165) is 22.6 Å². The van der Waals surface area contributed by atoms with Crippen molar-refractivity contribution in [2.24, 2.45) is 0 Å². The Bertz CT molecular complexity index is 2190. The van der Waals surface area contributed by atoms with Crippen LogP contribution in [0.4, 0.5) is 0 Å². The maximum atomic E-state index is 6.71. The van der Waals surface area contributed by atoms with E-state index < -0.39 is 0 Å². The van der Waals surface area contributed by atoms with Crippen LogP contribution in [0, 0.1) is 0 Å². The van der Waals surface area contributed by atoms with E-state index in [1.54, 1.807) is 0 Å². The Morgan fingerprint density at radius 1 is 0.512 bits per heavy atom. The van der Waals surface area contributed by atoms with Crippen LogP contribution in [0.25, 0.3) is 54.9 Å². The molecular weight excluding hydrogens is 496 g/mol. The van der Waals surface area contributed by atoms with Crippen molar-refractivity contribution in [1.29, 1.82) is 0 Å². The molecule has 1 heteroatoms. The molecule has 1 unspecified atom stereocenters. The minimum atomic E-state index is -0.296. The van der Waals surface area contributed by atoms with Gasteiger partial charge in [-0.05, 0) is 80.2 Å². The first kappa shape index (κ1) is 22.7. The van der Waals surface area contributed by atoms with E-state index in [1.807, 2.05) is 0 Å². The van der Waals surface area contributed by atoms with E-state index in [-0.39, 0.29) is 5.41 Å². The standard InChI is InChI=1S/C40H26O/c1-40(28-12-3-2-4-13-28)35-24-27(20-22-31(35)34-23-18-25-10-5-6-14-29(25)38(34)40)30-21-19-26-11-9-16-33-32-15-7-8-17-36(32)41-39(30)37(26)33/h2-24H,1H3. The topological polar surface area (TPSA) is 9.23 Å². The van der Waals surface area contributed by atoms with Gasteiger partial charge in [-0.3, -0.25) is 0 Å². The largest absolute Gasteiger partial charge is 0.455 e. The SMILES string of the molecule is CC1(c2ccccc2)c2cc(-c3ccc4cccc5c4c3Oc3ccccc3-5)ccc2-c2ccc3ccccc3c21. The van der Waals surface area contributed by atoms with Gasteiger partial charge in [0, 0.05) is 21.9 Å². The Balaban J connectivity index is 1.32. The Kier molecular flexibility index (Phi) is 4.52. The lowest BCUT2D eigenvalue weighted by Gasteiger charge is -2.30. The third-order valence-corrected chi connectivity index (χ3v) is 9.33. The van der Waals surface area contributed by atoms with Crippen LogP contribution < -0.4 is 4.74 Å². The van der Waals surface area contributed by atoms with Gasteiger partial charge in [-0.15, -0.1) is 0 Å². The number of hydrogen-bond acceptors (Lipinski definition) is 1. The normalized spacial score (nSPS) is 16.2. The molecule has 7 aromatic carbocycles. The van der Waals surface area contributed by atoms with Gasteiger partial charge in [-0.1, -0.05) is 121 Å². The van der Waals surface area contributed by atoms with Gasteiger partial charge in [0.15, 0.2) is 0 Å². The fourth-order valence-corrected chi connectivity index (χ4v) is 7.39. The molecule has 0 spiro atoms. The predicted octanol–water partition coefficient (Wildman–Crippen LogP) is 10.8. The molecule has 0 saturated carbocycles. The summed E-state index contributed by atoms with van der Waals surface area (Å²) in [5.41, 5.74) is 11.0. The molecule has 0 amide bonds. The maximum absolute atomic E-state index is 6.71. The molecule has 0 aromatic heterocycles. The van der Waals surface area contributed by atoms with E-state index in [0.29, 0.717) is 0 Å². The zero-order valence-corrected chi connectivity index (χ0v) is 22.7. The highest BCUT2D eigenvalue weighted by atomic mass is 16.5. The van der Waals surface area contributed by atoms with Crippen LogP contribution >= 0.6 is 0 Å². The fraction of sp³-hybridized carbons (Fsp3) is 0.0500. The summed E-state index contributed by atoms with van der Waals surface area (Å²) < 4.78 is 6.71. The van der Waals surface area contributed by atoms with Crippen molar-refractivity contribution in [2.75, 3.05) is 0 Å². The van der Waals surface area contributed by atoms with Crippen molar-refractivity contribution in [2.45, 2.75) is 12.3 Å². The van der Waals surface area contributed by atoms with Crippen molar-refractivity contribution in [3.8, 4) is 44.9 Å². The summed E-state index contributed by atoms with van der Waals surface area (Å²) in [6, 6.07) is 50.8. The molecule has 1 nitrogen and oxygen atoms in total. The lowest BCUT2D eigenvalue weighted by molar-refractivity contribution is 0.489. The van der Waals surface area contributed by atoms with Crippen molar-refractivity contribution in [3.05, 3.63) is 156 Å². The molecule has 1 aliphatic heterocycles. The second-order valence-corrected chi connectivity index (χ2v) is 11.4. The zero-order chi connectivity index (χ0) is 27.1. The first-order valence-electron chi connectivity index (χ1n) is 14.3. The van der Waals surface area contributed by atoms with Crippen LogP contribution in [0.5, 0.6) is 11.5 Å². The molecule has 0 N–H and O–H groups in total. The van der Waals surface area contributed by atoms with Gasteiger partial charge in [0.25, 0.3) is 0 Å². The van der Waals surface area contributed by atoms with Gasteiger partial charge in [0.05, 0.1) is 0 Å². The van der Waals surface area contributed by atoms with Gasteiger partial charge in [-0.2, -0.15) is 0 Å². The molecule has 2 aliphatic rings. The van der Waals surface area contributed by atoms with Crippen LogP contribution in [-0.4, -0.2) is 0 Å². The lowest BCUT2D eigenvalue weighted by Crippen LogP contribution is -2.22. The van der Waals surface area contributed by atoms with Gasteiger partial charge in [-0.25, -0.2) is 0 Å². The van der Waals surface area contributed by atoms with Crippen molar-refractivity contribution in [1.82, 2.24) is 0 Å². The third kappa shape index (κ3) is 3.01. The third-order valence-electron chi connectivity index (χ3n) is 9.33. The molecule has 0 saturated heterocycles. The molecular formula is C40H26O. The van der Waals surface area contributed by atoms with Gasteiger partial charge >= 0.3 is 0 Å². The Morgan fingerprint density at radius 2 is 1.22 bits per heavy atom. The first-order chi connectivity index (χ1) is 20.2. The zero-order valence-electron chi connectivity index (χ0n) is 22.7. The van der Waals surface area contributed by atoms with Crippen molar-refractivity contribution in [3.63, 3.8) is 0 Å². The molecule has 1 atom stereocenters. The highest BCUT2D eigenvalue weighted by Gasteiger charge is 2.42. The maximum Gasteiger partial charge on any atom is 0.143 e. The number of ether oxygens (including phenoxy) is 1. The minimum absolute atomic E-state index is 0.296. The van der Waals surface area contributed by atoms with Gasteiger partial charge in [0.2, 0.25) is 0 Å². The van der Waals surface area contributed by atoms with Crippen LogP contribution in [-0.2, 0) is 5.41 Å². The monoisotopic (exact) mass is 522 g/mol. The number of benzene rings is 7. The molecule has 41 heavy (non-hydrogen) atoms. The van der Waals surface area contributed by atoms with Gasteiger partial charge < -0.3 is 4.74 Å². The van der Waals surface area contributed by atoms with Crippen molar-refractivity contribution >= 4 is 21.5 Å². The molecule has 192 valence electrons. The Hall–Kier alpha value is -5.14. The smallest absolute Gasteiger partial charge is 0.143 e. The highest BCUT2D eigenvalue weighted by Crippen LogP contribution is 2.56. The molecule has 0 fully saturated rings. The lowest BCUT2D eigenvalue weighted by atomic mass is 9.72. The molecule has 1 aliphatic carbocycles. The summed E-state index contributed by atoms with van der Waals surface area (Å²) in [5.74, 6) is 1.85. The fourth-order valence-electron chi connectivity index (χ4n) is 7.39. The van der Waals surface area contributed by atoms with Crippen LogP contribution in [0.1, 0.15) is 23.6 Å². The predicted molar refractivity (Wildman–Crippen MR) is 170 cm³/mol. The molecule has 0 radical (unpaired) electrons. The van der Waals surface area contributed by atoms with E-state index in [4.69, 9.17) is 4.74 Å². The van der Waals surface area contributed by atoms with Crippen LogP contribution in [0.15, 0.2) is 140 Å². The second kappa shape index (κ2) is 8.19. The first-order valence-corrected chi connectivity index (χ1v) is 14.3. The summed E-state index contributed by atoms with van der Waals surface area (Å²) in [4.78, 5) is 0. The summed E-state index contributed by atoms with van der Waals surface area (Å²) in [6.07, 6.45) is 0. The van der Waals surface area contributed by atoms with E-state index in [1.165, 1.54) is 60.5 Å².